The Morgan fingerprint density at radius 3 is 2.20 bits per heavy atom. The summed E-state index contributed by atoms with van der Waals surface area (Å²) in [5.74, 6) is 0. The first-order chi connectivity index (χ1) is 7.07. The number of hydrogen-bond donors (Lipinski definition) is 0. The molecule has 0 fully saturated rings. The fourth-order valence-corrected chi connectivity index (χ4v) is 1.97. The average molecular weight is 218 g/mol. The van der Waals surface area contributed by atoms with Crippen LogP contribution in [0.3, 0.4) is 0 Å². The average Bonchev–Trinajstić information content (AvgIpc) is 2.69. The predicted octanol–water partition coefficient (Wildman–Crippen LogP) is 3.50. The van der Waals surface area contributed by atoms with E-state index in [0.29, 0.717) is 0 Å². The summed E-state index contributed by atoms with van der Waals surface area (Å²) in [5, 5.41) is 8.87. The van der Waals surface area contributed by atoms with Crippen molar-refractivity contribution >= 4 is 11.3 Å². The third-order valence-corrected chi connectivity index (χ3v) is 3.10. The topological polar surface area (TPSA) is 25.8 Å². The van der Waals surface area contributed by atoms with E-state index in [1.165, 1.54) is 5.56 Å². The van der Waals surface area contributed by atoms with Gasteiger partial charge in [-0.25, -0.2) is 0 Å². The number of nitrogens with zero attached hydrogens (tertiary/aromatic N) is 2. The van der Waals surface area contributed by atoms with Gasteiger partial charge in [0.25, 0.3) is 0 Å². The second-order valence-corrected chi connectivity index (χ2v) is 5.40. The first kappa shape index (κ1) is 10.3. The van der Waals surface area contributed by atoms with Crippen molar-refractivity contribution in [2.75, 3.05) is 0 Å². The molecule has 0 bridgehead atoms. The molecule has 0 aliphatic carbocycles. The maximum atomic E-state index is 4.05. The van der Waals surface area contributed by atoms with Crippen LogP contribution in [0, 0.1) is 0 Å². The molecular formula is C12H14N2S. The van der Waals surface area contributed by atoms with Crippen LogP contribution in [0.4, 0.5) is 0 Å². The smallest absolute Gasteiger partial charge is 0.147 e. The lowest BCUT2D eigenvalue weighted by molar-refractivity contribution is 0.590. The summed E-state index contributed by atoms with van der Waals surface area (Å²) >= 11 is 1.57. The molecule has 1 heterocycles. The van der Waals surface area contributed by atoms with E-state index in [1.807, 2.05) is 0 Å². The van der Waals surface area contributed by atoms with Gasteiger partial charge in [0, 0.05) is 5.56 Å². The molecule has 0 saturated carbocycles. The minimum Gasteiger partial charge on any atom is -0.147 e. The van der Waals surface area contributed by atoms with Gasteiger partial charge in [-0.15, -0.1) is 10.2 Å². The van der Waals surface area contributed by atoms with Crippen molar-refractivity contribution in [3.05, 3.63) is 35.3 Å². The van der Waals surface area contributed by atoms with Gasteiger partial charge in [0.15, 0.2) is 0 Å². The van der Waals surface area contributed by atoms with Crippen molar-refractivity contribution in [2.45, 2.75) is 26.2 Å². The highest BCUT2D eigenvalue weighted by molar-refractivity contribution is 7.12. The molecule has 0 aliphatic rings. The van der Waals surface area contributed by atoms with Crippen LogP contribution in [0.2, 0.25) is 0 Å². The SMILES string of the molecule is CC(C)(C)c1ccc(-c2nncs2)cc1. The van der Waals surface area contributed by atoms with Crippen LogP contribution in [0.25, 0.3) is 10.6 Å². The molecule has 0 atom stereocenters. The zero-order valence-electron chi connectivity index (χ0n) is 9.19. The Labute approximate surface area is 94.0 Å². The van der Waals surface area contributed by atoms with E-state index in [-0.39, 0.29) is 5.41 Å². The zero-order valence-corrected chi connectivity index (χ0v) is 10.0. The van der Waals surface area contributed by atoms with Gasteiger partial charge in [0.2, 0.25) is 0 Å². The molecular weight excluding hydrogens is 204 g/mol. The summed E-state index contributed by atoms with van der Waals surface area (Å²) in [7, 11) is 0. The Bertz CT molecular complexity index is 424. The Kier molecular flexibility index (Phi) is 2.57. The summed E-state index contributed by atoms with van der Waals surface area (Å²) in [6, 6.07) is 8.55. The fourth-order valence-electron chi connectivity index (χ4n) is 1.41. The highest BCUT2D eigenvalue weighted by atomic mass is 32.1. The lowest BCUT2D eigenvalue weighted by atomic mass is 9.87. The molecule has 0 saturated heterocycles. The second-order valence-electron chi connectivity index (χ2n) is 4.57. The molecule has 15 heavy (non-hydrogen) atoms. The van der Waals surface area contributed by atoms with Crippen molar-refractivity contribution in [2.24, 2.45) is 0 Å². The van der Waals surface area contributed by atoms with Crippen molar-refractivity contribution in [1.82, 2.24) is 10.2 Å². The van der Waals surface area contributed by atoms with Gasteiger partial charge < -0.3 is 0 Å². The molecule has 2 rings (SSSR count). The Morgan fingerprint density at radius 2 is 1.73 bits per heavy atom. The van der Waals surface area contributed by atoms with E-state index in [2.05, 4.69) is 55.2 Å². The molecule has 0 radical (unpaired) electrons. The van der Waals surface area contributed by atoms with Crippen molar-refractivity contribution < 1.29 is 0 Å². The van der Waals surface area contributed by atoms with Crippen LogP contribution < -0.4 is 0 Å². The summed E-state index contributed by atoms with van der Waals surface area (Å²) in [4.78, 5) is 0. The second kappa shape index (κ2) is 3.74. The van der Waals surface area contributed by atoms with E-state index in [9.17, 15) is 0 Å². The first-order valence-corrected chi connectivity index (χ1v) is 5.82. The van der Waals surface area contributed by atoms with Crippen molar-refractivity contribution in [3.8, 4) is 10.6 Å². The Hall–Kier alpha value is -1.22. The van der Waals surface area contributed by atoms with Gasteiger partial charge >= 0.3 is 0 Å². The molecule has 0 unspecified atom stereocenters. The van der Waals surface area contributed by atoms with E-state index >= 15 is 0 Å². The van der Waals surface area contributed by atoms with E-state index in [4.69, 9.17) is 0 Å². The molecule has 0 aliphatic heterocycles. The Balaban J connectivity index is 2.33. The van der Waals surface area contributed by atoms with Gasteiger partial charge in [0.1, 0.15) is 10.5 Å². The minimum atomic E-state index is 0.208. The van der Waals surface area contributed by atoms with E-state index in [0.717, 1.165) is 10.6 Å². The van der Waals surface area contributed by atoms with Crippen LogP contribution in [-0.2, 0) is 5.41 Å². The zero-order chi connectivity index (χ0) is 10.9. The summed E-state index contributed by atoms with van der Waals surface area (Å²) in [5.41, 5.74) is 4.45. The molecule has 78 valence electrons. The number of rotatable bonds is 1. The fraction of sp³-hybridized carbons (Fsp3) is 0.333. The minimum absolute atomic E-state index is 0.208. The van der Waals surface area contributed by atoms with E-state index < -0.39 is 0 Å². The van der Waals surface area contributed by atoms with Crippen LogP contribution in [-0.4, -0.2) is 10.2 Å². The normalized spacial score (nSPS) is 11.7. The van der Waals surface area contributed by atoms with Crippen LogP contribution in [0.15, 0.2) is 29.8 Å². The van der Waals surface area contributed by atoms with Crippen LogP contribution >= 0.6 is 11.3 Å². The molecule has 0 spiro atoms. The summed E-state index contributed by atoms with van der Waals surface area (Å²) in [6.45, 7) is 6.65. The van der Waals surface area contributed by atoms with Gasteiger partial charge in [-0.05, 0) is 11.0 Å². The quantitative estimate of drug-likeness (QED) is 0.732. The highest BCUT2D eigenvalue weighted by Gasteiger charge is 2.13. The molecule has 1 aromatic heterocycles. The molecule has 0 N–H and O–H groups in total. The number of benzene rings is 1. The molecule has 0 amide bonds. The lowest BCUT2D eigenvalue weighted by Crippen LogP contribution is -2.10. The van der Waals surface area contributed by atoms with Gasteiger partial charge in [-0.2, -0.15) is 0 Å². The maximum absolute atomic E-state index is 4.05. The number of aromatic nitrogens is 2. The third kappa shape index (κ3) is 2.23. The first-order valence-electron chi connectivity index (χ1n) is 4.94. The largest absolute Gasteiger partial charge is 0.147 e. The van der Waals surface area contributed by atoms with Gasteiger partial charge in [-0.3, -0.25) is 0 Å². The van der Waals surface area contributed by atoms with Crippen LogP contribution in [0.5, 0.6) is 0 Å². The lowest BCUT2D eigenvalue weighted by Gasteiger charge is -2.18. The van der Waals surface area contributed by atoms with Crippen LogP contribution in [0.1, 0.15) is 26.3 Å². The molecule has 2 nitrogen and oxygen atoms in total. The third-order valence-electron chi connectivity index (χ3n) is 2.36. The monoisotopic (exact) mass is 218 g/mol. The molecule has 1 aromatic carbocycles. The standard InChI is InChI=1S/C12H14N2S/c1-12(2,3)10-6-4-9(5-7-10)11-14-13-8-15-11/h4-8H,1-3H3. The molecule has 2 aromatic rings. The maximum Gasteiger partial charge on any atom is 0.147 e. The van der Waals surface area contributed by atoms with Gasteiger partial charge in [0.05, 0.1) is 0 Å². The summed E-state index contributed by atoms with van der Waals surface area (Å²) in [6.07, 6.45) is 0. The van der Waals surface area contributed by atoms with Crippen molar-refractivity contribution in [1.29, 1.82) is 0 Å². The summed E-state index contributed by atoms with van der Waals surface area (Å²) < 4.78 is 0. The van der Waals surface area contributed by atoms with E-state index in [1.54, 1.807) is 16.8 Å². The van der Waals surface area contributed by atoms with Gasteiger partial charge in [-0.1, -0.05) is 56.4 Å². The Morgan fingerprint density at radius 1 is 1.07 bits per heavy atom. The van der Waals surface area contributed by atoms with Crippen molar-refractivity contribution in [3.63, 3.8) is 0 Å². The number of hydrogen-bond acceptors (Lipinski definition) is 3. The molecule has 3 heteroatoms. The predicted molar refractivity (Wildman–Crippen MR) is 64.0 cm³/mol. The highest BCUT2D eigenvalue weighted by Crippen LogP contribution is 2.26.